The Morgan fingerprint density at radius 1 is 1.47 bits per heavy atom. The van der Waals surface area contributed by atoms with Gasteiger partial charge in [-0.2, -0.15) is 0 Å². The van der Waals surface area contributed by atoms with Crippen LogP contribution in [0.2, 0.25) is 0 Å². The first kappa shape index (κ1) is 11.9. The number of Topliss-reactive ketones (excluding diaryl/α,β-unsaturated/α-hetero) is 1. The Balaban J connectivity index is 2.36. The molecule has 1 heterocycles. The largest absolute Gasteiger partial charge is 0.497 e. The van der Waals surface area contributed by atoms with Crippen molar-refractivity contribution in [1.82, 2.24) is 0 Å². The molecule has 90 valence electrons. The molecule has 0 radical (unpaired) electrons. The molecule has 5 heteroatoms. The quantitative estimate of drug-likeness (QED) is 0.752. The van der Waals surface area contributed by atoms with Crippen molar-refractivity contribution in [2.24, 2.45) is 5.92 Å². The standard InChI is InChI=1S/C12H12O4S/c1-14-7-3-4-10-8(5-7)11(13)9(6-16-10)12(17)15-2/h3-5,9H,6H2,1-2H3. The normalized spacial score (nSPS) is 18.0. The van der Waals surface area contributed by atoms with Crippen molar-refractivity contribution >= 4 is 23.1 Å². The fraction of sp³-hybridized carbons (Fsp3) is 0.333. The van der Waals surface area contributed by atoms with E-state index in [-0.39, 0.29) is 17.4 Å². The van der Waals surface area contributed by atoms with E-state index in [2.05, 4.69) is 0 Å². The molecular weight excluding hydrogens is 240 g/mol. The lowest BCUT2D eigenvalue weighted by atomic mass is 9.95. The van der Waals surface area contributed by atoms with Crippen LogP contribution in [0, 0.1) is 5.92 Å². The number of benzene rings is 1. The maximum atomic E-state index is 12.2. The molecule has 0 saturated heterocycles. The SMILES string of the molecule is COC(=S)C1COc2ccc(OC)cc2C1=O. The molecule has 1 aliphatic heterocycles. The number of thiocarbonyl (C=S) groups is 1. The Kier molecular flexibility index (Phi) is 3.28. The second-order valence-electron chi connectivity index (χ2n) is 3.61. The monoisotopic (exact) mass is 252 g/mol. The summed E-state index contributed by atoms with van der Waals surface area (Å²) in [7, 11) is 3.00. The molecule has 0 saturated carbocycles. The third-order valence-electron chi connectivity index (χ3n) is 2.66. The van der Waals surface area contributed by atoms with Gasteiger partial charge in [0, 0.05) is 0 Å². The minimum atomic E-state index is -0.519. The first-order valence-corrected chi connectivity index (χ1v) is 5.51. The molecule has 2 rings (SSSR count). The fourth-order valence-electron chi connectivity index (χ4n) is 1.71. The third kappa shape index (κ3) is 2.10. The van der Waals surface area contributed by atoms with Crippen molar-refractivity contribution in [3.63, 3.8) is 0 Å². The lowest BCUT2D eigenvalue weighted by Crippen LogP contribution is -2.34. The van der Waals surface area contributed by atoms with Gasteiger partial charge in [0.05, 0.1) is 19.8 Å². The number of ketones is 1. The lowest BCUT2D eigenvalue weighted by molar-refractivity contribution is 0.0873. The number of rotatable bonds is 2. The molecular formula is C12H12O4S. The summed E-state index contributed by atoms with van der Waals surface area (Å²) >= 11 is 4.99. The highest BCUT2D eigenvalue weighted by molar-refractivity contribution is 7.80. The van der Waals surface area contributed by atoms with Crippen LogP contribution in [-0.4, -0.2) is 31.7 Å². The van der Waals surface area contributed by atoms with Gasteiger partial charge >= 0.3 is 0 Å². The van der Waals surface area contributed by atoms with Crippen molar-refractivity contribution in [1.29, 1.82) is 0 Å². The molecule has 0 fully saturated rings. The summed E-state index contributed by atoms with van der Waals surface area (Å²) in [6.45, 7) is 0.227. The summed E-state index contributed by atoms with van der Waals surface area (Å²) in [6, 6.07) is 5.13. The second-order valence-corrected chi connectivity index (χ2v) is 4.02. The van der Waals surface area contributed by atoms with E-state index in [9.17, 15) is 4.79 Å². The predicted octanol–water partition coefficient (Wildman–Crippen LogP) is 1.86. The summed E-state index contributed by atoms with van der Waals surface area (Å²) in [5.41, 5.74) is 0.486. The average molecular weight is 252 g/mol. The van der Waals surface area contributed by atoms with Gasteiger partial charge in [0.25, 0.3) is 0 Å². The number of hydrogen-bond acceptors (Lipinski definition) is 5. The molecule has 0 aliphatic carbocycles. The van der Waals surface area contributed by atoms with Crippen LogP contribution in [0.25, 0.3) is 0 Å². The zero-order valence-corrected chi connectivity index (χ0v) is 10.4. The summed E-state index contributed by atoms with van der Waals surface area (Å²) in [6.07, 6.45) is 0. The second kappa shape index (κ2) is 4.71. The first-order valence-electron chi connectivity index (χ1n) is 5.10. The predicted molar refractivity (Wildman–Crippen MR) is 65.9 cm³/mol. The Bertz CT molecular complexity index is 470. The van der Waals surface area contributed by atoms with Gasteiger partial charge in [-0.1, -0.05) is 0 Å². The highest BCUT2D eigenvalue weighted by Gasteiger charge is 2.32. The number of carbonyl (C=O) groups is 1. The van der Waals surface area contributed by atoms with Gasteiger partial charge < -0.3 is 14.2 Å². The first-order chi connectivity index (χ1) is 8.17. The number of hydrogen-bond donors (Lipinski definition) is 0. The smallest absolute Gasteiger partial charge is 0.181 e. The van der Waals surface area contributed by atoms with Crippen LogP contribution in [0.1, 0.15) is 10.4 Å². The Hall–Kier alpha value is -1.62. The van der Waals surface area contributed by atoms with E-state index in [1.165, 1.54) is 7.11 Å². The average Bonchev–Trinajstić information content (AvgIpc) is 2.38. The minimum absolute atomic E-state index is 0.0861. The van der Waals surface area contributed by atoms with Gasteiger partial charge in [0.15, 0.2) is 10.8 Å². The molecule has 0 amide bonds. The lowest BCUT2D eigenvalue weighted by Gasteiger charge is -2.24. The van der Waals surface area contributed by atoms with Crippen molar-refractivity contribution in [2.45, 2.75) is 0 Å². The molecule has 1 aromatic rings. The minimum Gasteiger partial charge on any atom is -0.497 e. The molecule has 17 heavy (non-hydrogen) atoms. The molecule has 0 N–H and O–H groups in total. The molecule has 0 bridgehead atoms. The molecule has 1 aromatic carbocycles. The van der Waals surface area contributed by atoms with Gasteiger partial charge in [0.2, 0.25) is 0 Å². The third-order valence-corrected chi connectivity index (χ3v) is 3.11. The van der Waals surface area contributed by atoms with Crippen LogP contribution >= 0.6 is 12.2 Å². The topological polar surface area (TPSA) is 44.8 Å². The van der Waals surface area contributed by atoms with E-state index in [0.717, 1.165) is 0 Å². The molecule has 1 unspecified atom stereocenters. The van der Waals surface area contributed by atoms with Gasteiger partial charge in [-0.3, -0.25) is 4.79 Å². The zero-order valence-electron chi connectivity index (χ0n) is 9.56. The summed E-state index contributed by atoms with van der Waals surface area (Å²) in [5.74, 6) is 0.572. The number of fused-ring (bicyclic) bond motifs is 1. The highest BCUT2D eigenvalue weighted by Crippen LogP contribution is 2.31. The summed E-state index contributed by atoms with van der Waals surface area (Å²) in [4.78, 5) is 12.2. The van der Waals surface area contributed by atoms with Crippen molar-refractivity contribution in [3.05, 3.63) is 23.8 Å². The molecule has 0 spiro atoms. The van der Waals surface area contributed by atoms with E-state index < -0.39 is 5.92 Å². The maximum absolute atomic E-state index is 12.2. The van der Waals surface area contributed by atoms with Crippen molar-refractivity contribution in [2.75, 3.05) is 20.8 Å². The van der Waals surface area contributed by atoms with E-state index in [1.54, 1.807) is 25.3 Å². The molecule has 1 atom stereocenters. The Morgan fingerprint density at radius 2 is 2.24 bits per heavy atom. The maximum Gasteiger partial charge on any atom is 0.181 e. The zero-order chi connectivity index (χ0) is 12.4. The highest BCUT2D eigenvalue weighted by atomic mass is 32.1. The van der Waals surface area contributed by atoms with Crippen molar-refractivity contribution < 1.29 is 19.0 Å². The van der Waals surface area contributed by atoms with Crippen LogP contribution in [0.3, 0.4) is 0 Å². The van der Waals surface area contributed by atoms with Crippen LogP contribution in [0.15, 0.2) is 18.2 Å². The van der Waals surface area contributed by atoms with Crippen LogP contribution < -0.4 is 9.47 Å². The van der Waals surface area contributed by atoms with E-state index in [4.69, 9.17) is 26.4 Å². The van der Waals surface area contributed by atoms with E-state index in [0.29, 0.717) is 17.1 Å². The van der Waals surface area contributed by atoms with Gasteiger partial charge in [-0.25, -0.2) is 0 Å². The van der Waals surface area contributed by atoms with Gasteiger partial charge in [-0.15, -0.1) is 0 Å². The Morgan fingerprint density at radius 3 is 2.88 bits per heavy atom. The van der Waals surface area contributed by atoms with Crippen LogP contribution in [-0.2, 0) is 4.74 Å². The molecule has 4 nitrogen and oxygen atoms in total. The molecule has 0 aromatic heterocycles. The van der Waals surface area contributed by atoms with Crippen molar-refractivity contribution in [3.8, 4) is 11.5 Å². The van der Waals surface area contributed by atoms with Crippen LogP contribution in [0.4, 0.5) is 0 Å². The molecule has 1 aliphatic rings. The van der Waals surface area contributed by atoms with Crippen LogP contribution in [0.5, 0.6) is 11.5 Å². The van der Waals surface area contributed by atoms with E-state index in [1.807, 2.05) is 0 Å². The number of methoxy groups -OCH3 is 2. The fourth-order valence-corrected chi connectivity index (χ4v) is 1.88. The number of ether oxygens (including phenoxy) is 3. The summed E-state index contributed by atoms with van der Waals surface area (Å²) < 4.78 is 15.5. The summed E-state index contributed by atoms with van der Waals surface area (Å²) in [5, 5.41) is 0.253. The number of carbonyl (C=O) groups excluding carboxylic acids is 1. The van der Waals surface area contributed by atoms with Gasteiger partial charge in [-0.05, 0) is 30.4 Å². The van der Waals surface area contributed by atoms with E-state index >= 15 is 0 Å². The Labute approximate surface area is 104 Å². The van der Waals surface area contributed by atoms with Gasteiger partial charge in [0.1, 0.15) is 24.0 Å².